The maximum Gasteiger partial charge on any atom is 0.244 e. The van der Waals surface area contributed by atoms with Crippen molar-refractivity contribution in [2.75, 3.05) is 17.1 Å². The number of nitrogens with one attached hydrogen (secondary N) is 1. The van der Waals surface area contributed by atoms with Gasteiger partial charge < -0.3 is 10.2 Å². The summed E-state index contributed by atoms with van der Waals surface area (Å²) in [5, 5.41) is 3.67. The van der Waals surface area contributed by atoms with E-state index in [-0.39, 0.29) is 18.5 Å². The Balaban J connectivity index is 2.42. The molecule has 2 aromatic carbocycles. The maximum absolute atomic E-state index is 13.5. The second kappa shape index (κ2) is 11.9. The number of hydrogen-bond donors (Lipinski definition) is 1. The highest BCUT2D eigenvalue weighted by molar-refractivity contribution is 7.92. The average molecular weight is 529 g/mol. The van der Waals surface area contributed by atoms with E-state index in [1.165, 1.54) is 4.90 Å². The van der Waals surface area contributed by atoms with Crippen LogP contribution in [0.2, 0.25) is 10.0 Å². The predicted octanol–water partition coefficient (Wildman–Crippen LogP) is 4.40. The fourth-order valence-corrected chi connectivity index (χ4v) is 4.59. The van der Waals surface area contributed by atoms with Gasteiger partial charge in [0.05, 0.1) is 11.9 Å². The number of halogens is 2. The Morgan fingerprint density at radius 3 is 2.32 bits per heavy atom. The van der Waals surface area contributed by atoms with E-state index in [1.54, 1.807) is 43.3 Å². The molecular weight excluding hydrogens is 497 g/mol. The minimum atomic E-state index is -3.78. The van der Waals surface area contributed by atoms with Gasteiger partial charge in [0.15, 0.2) is 0 Å². The Bertz CT molecular complexity index is 1140. The van der Waals surface area contributed by atoms with Crippen LogP contribution in [0.15, 0.2) is 42.5 Å². The average Bonchev–Trinajstić information content (AvgIpc) is 2.75. The van der Waals surface area contributed by atoms with Crippen molar-refractivity contribution in [2.45, 2.75) is 52.7 Å². The summed E-state index contributed by atoms with van der Waals surface area (Å²) >= 11 is 12.3. The van der Waals surface area contributed by atoms with E-state index in [0.717, 1.165) is 22.5 Å². The van der Waals surface area contributed by atoms with Crippen LogP contribution in [0, 0.1) is 6.92 Å². The van der Waals surface area contributed by atoms with Crippen LogP contribution in [-0.2, 0) is 26.2 Å². The third-order valence-electron chi connectivity index (χ3n) is 5.49. The summed E-state index contributed by atoms with van der Waals surface area (Å²) in [5.74, 6) is -0.876. The molecule has 2 rings (SSSR count). The topological polar surface area (TPSA) is 86.8 Å². The van der Waals surface area contributed by atoms with Crippen molar-refractivity contribution >= 4 is 50.7 Å². The quantitative estimate of drug-likeness (QED) is 0.495. The number of amides is 2. The predicted molar refractivity (Wildman–Crippen MR) is 138 cm³/mol. The third-order valence-corrected chi connectivity index (χ3v) is 7.22. The number of hydrogen-bond acceptors (Lipinski definition) is 4. The Hall–Kier alpha value is -2.29. The van der Waals surface area contributed by atoms with Gasteiger partial charge in [-0.05, 0) is 62.6 Å². The van der Waals surface area contributed by atoms with Gasteiger partial charge in [0.2, 0.25) is 21.8 Å². The summed E-state index contributed by atoms with van der Waals surface area (Å²) in [6.07, 6.45) is 1.77. The van der Waals surface area contributed by atoms with Crippen LogP contribution in [0.4, 0.5) is 5.69 Å². The van der Waals surface area contributed by atoms with Gasteiger partial charge in [-0.1, -0.05) is 48.3 Å². The fraction of sp³-hybridized carbons (Fsp3) is 0.417. The molecule has 2 amide bonds. The molecule has 186 valence electrons. The molecule has 0 spiro atoms. The first-order chi connectivity index (χ1) is 15.8. The van der Waals surface area contributed by atoms with E-state index in [9.17, 15) is 18.0 Å². The molecule has 0 bridgehead atoms. The van der Waals surface area contributed by atoms with Crippen LogP contribution in [0.5, 0.6) is 0 Å². The molecule has 1 N–H and O–H groups in total. The third kappa shape index (κ3) is 7.61. The number of benzene rings is 2. The minimum Gasteiger partial charge on any atom is -0.352 e. The summed E-state index contributed by atoms with van der Waals surface area (Å²) in [6, 6.07) is 10.8. The van der Waals surface area contributed by atoms with Crippen molar-refractivity contribution in [1.29, 1.82) is 0 Å². The van der Waals surface area contributed by atoms with Gasteiger partial charge in [-0.3, -0.25) is 13.9 Å². The lowest BCUT2D eigenvalue weighted by atomic mass is 10.1. The molecule has 34 heavy (non-hydrogen) atoms. The van der Waals surface area contributed by atoms with Crippen LogP contribution < -0.4 is 9.62 Å². The van der Waals surface area contributed by atoms with E-state index in [0.29, 0.717) is 21.3 Å². The molecular formula is C24H31Cl2N3O4S. The van der Waals surface area contributed by atoms with Crippen molar-refractivity contribution in [3.63, 3.8) is 0 Å². The number of nitrogens with zero attached hydrogens (tertiary/aromatic N) is 2. The molecule has 0 saturated heterocycles. The molecule has 2 aromatic rings. The molecule has 2 atom stereocenters. The number of sulfonamides is 1. The first kappa shape index (κ1) is 28.0. The highest BCUT2D eigenvalue weighted by atomic mass is 35.5. The minimum absolute atomic E-state index is 0.00927. The molecule has 0 aliphatic heterocycles. The normalized spacial score (nSPS) is 13.1. The molecule has 0 unspecified atom stereocenters. The van der Waals surface area contributed by atoms with Gasteiger partial charge in [-0.15, -0.1) is 0 Å². The number of rotatable bonds is 10. The zero-order valence-corrected chi connectivity index (χ0v) is 22.3. The molecule has 0 aromatic heterocycles. The van der Waals surface area contributed by atoms with E-state index in [1.807, 2.05) is 26.8 Å². The van der Waals surface area contributed by atoms with Gasteiger partial charge in [0, 0.05) is 22.6 Å². The maximum atomic E-state index is 13.5. The van der Waals surface area contributed by atoms with Crippen LogP contribution in [-0.4, -0.2) is 50.0 Å². The Labute approximate surface area is 212 Å². The largest absolute Gasteiger partial charge is 0.352 e. The molecule has 0 radical (unpaired) electrons. The number of aryl methyl sites for hydroxylation is 1. The van der Waals surface area contributed by atoms with Crippen LogP contribution in [0.25, 0.3) is 0 Å². The van der Waals surface area contributed by atoms with Gasteiger partial charge >= 0.3 is 0 Å². The standard InChI is InChI=1S/C24H31Cl2N3O4S/c1-6-17(3)27-24(31)18(4)28(14-19-10-11-20(25)13-22(19)26)23(30)15-29(34(5,32)33)21-9-7-8-16(2)12-21/h7-13,17-18H,6,14-15H2,1-5H3,(H,27,31)/t17-,18-/m0/s1. The summed E-state index contributed by atoms with van der Waals surface area (Å²) in [6.45, 7) is 6.80. The van der Waals surface area contributed by atoms with Crippen molar-refractivity contribution < 1.29 is 18.0 Å². The molecule has 7 nitrogen and oxygen atoms in total. The fourth-order valence-electron chi connectivity index (χ4n) is 3.28. The zero-order valence-electron chi connectivity index (χ0n) is 20.0. The van der Waals surface area contributed by atoms with Crippen molar-refractivity contribution in [2.24, 2.45) is 0 Å². The van der Waals surface area contributed by atoms with E-state index >= 15 is 0 Å². The second-order valence-electron chi connectivity index (χ2n) is 8.36. The highest BCUT2D eigenvalue weighted by Gasteiger charge is 2.30. The first-order valence-corrected chi connectivity index (χ1v) is 13.5. The molecule has 10 heteroatoms. The van der Waals surface area contributed by atoms with Crippen molar-refractivity contribution in [3.8, 4) is 0 Å². The molecule has 0 aliphatic carbocycles. The highest BCUT2D eigenvalue weighted by Crippen LogP contribution is 2.24. The molecule has 0 fully saturated rings. The summed E-state index contributed by atoms with van der Waals surface area (Å²) in [5.41, 5.74) is 1.81. The number of carbonyl (C=O) groups excluding carboxylic acids is 2. The summed E-state index contributed by atoms with van der Waals surface area (Å²) < 4.78 is 26.2. The van der Waals surface area contributed by atoms with Crippen LogP contribution in [0.1, 0.15) is 38.3 Å². The second-order valence-corrected chi connectivity index (χ2v) is 11.1. The summed E-state index contributed by atoms with van der Waals surface area (Å²) in [4.78, 5) is 27.7. The Morgan fingerprint density at radius 2 is 1.76 bits per heavy atom. The van der Waals surface area contributed by atoms with E-state index < -0.39 is 28.5 Å². The van der Waals surface area contributed by atoms with Crippen LogP contribution >= 0.6 is 23.2 Å². The molecule has 0 saturated carbocycles. The lowest BCUT2D eigenvalue weighted by Gasteiger charge is -2.32. The lowest BCUT2D eigenvalue weighted by Crippen LogP contribution is -2.52. The van der Waals surface area contributed by atoms with Gasteiger partial charge in [0.1, 0.15) is 12.6 Å². The number of anilines is 1. The smallest absolute Gasteiger partial charge is 0.244 e. The Kier molecular flexibility index (Phi) is 9.79. The zero-order chi connectivity index (χ0) is 25.6. The van der Waals surface area contributed by atoms with Gasteiger partial charge in [0.25, 0.3) is 0 Å². The summed E-state index contributed by atoms with van der Waals surface area (Å²) in [7, 11) is -3.78. The first-order valence-electron chi connectivity index (χ1n) is 10.9. The molecule has 0 heterocycles. The number of carbonyl (C=O) groups is 2. The van der Waals surface area contributed by atoms with Gasteiger partial charge in [-0.2, -0.15) is 0 Å². The Morgan fingerprint density at radius 1 is 1.09 bits per heavy atom. The van der Waals surface area contributed by atoms with Gasteiger partial charge in [-0.25, -0.2) is 8.42 Å². The van der Waals surface area contributed by atoms with Crippen molar-refractivity contribution in [1.82, 2.24) is 10.2 Å². The molecule has 0 aliphatic rings. The van der Waals surface area contributed by atoms with Crippen molar-refractivity contribution in [3.05, 3.63) is 63.6 Å². The van der Waals surface area contributed by atoms with Crippen LogP contribution in [0.3, 0.4) is 0 Å². The monoisotopic (exact) mass is 527 g/mol. The SMILES string of the molecule is CC[C@H](C)NC(=O)[C@H](C)N(Cc1ccc(Cl)cc1Cl)C(=O)CN(c1cccc(C)c1)S(C)(=O)=O. The lowest BCUT2D eigenvalue weighted by molar-refractivity contribution is -0.139. The van der Waals surface area contributed by atoms with E-state index in [2.05, 4.69) is 5.32 Å². The van der Waals surface area contributed by atoms with E-state index in [4.69, 9.17) is 23.2 Å².